The molecule has 2 rings (SSSR count). The van der Waals surface area contributed by atoms with Gasteiger partial charge in [0.1, 0.15) is 5.03 Å². The third-order valence-electron chi connectivity index (χ3n) is 2.34. The average molecular weight is 234 g/mol. The van der Waals surface area contributed by atoms with Crippen molar-refractivity contribution in [2.45, 2.75) is 16.8 Å². The highest BCUT2D eigenvalue weighted by molar-refractivity contribution is 7.91. The Kier molecular flexibility index (Phi) is 2.59. The van der Waals surface area contributed by atoms with E-state index in [9.17, 15) is 8.42 Å². The van der Waals surface area contributed by atoms with Gasteiger partial charge in [-0.1, -0.05) is 17.7 Å². The van der Waals surface area contributed by atoms with E-state index in [2.05, 4.69) is 11.9 Å². The molecule has 0 aliphatic rings. The lowest BCUT2D eigenvalue weighted by Gasteiger charge is -2.02. The van der Waals surface area contributed by atoms with E-state index in [1.807, 2.05) is 6.92 Å². The summed E-state index contributed by atoms with van der Waals surface area (Å²) in [5.41, 5.74) is 1.69. The average Bonchev–Trinajstić information content (AvgIpc) is 2.66. The molecule has 1 N–H and O–H groups in total. The summed E-state index contributed by atoms with van der Waals surface area (Å²) in [7, 11) is -3.43. The molecule has 0 spiro atoms. The number of benzene rings is 1. The first kappa shape index (κ1) is 11.0. The first-order valence-electron chi connectivity index (χ1n) is 4.82. The number of aromatic nitrogens is 1. The van der Waals surface area contributed by atoms with Crippen molar-refractivity contribution >= 4 is 9.84 Å². The van der Waals surface area contributed by atoms with Crippen LogP contribution in [0.15, 0.2) is 46.5 Å². The van der Waals surface area contributed by atoms with Crippen LogP contribution in [0, 0.1) is 13.8 Å². The highest BCUT2D eigenvalue weighted by Gasteiger charge is 2.18. The molecule has 16 heavy (non-hydrogen) atoms. The molecule has 0 amide bonds. The summed E-state index contributed by atoms with van der Waals surface area (Å²) in [4.78, 5) is 3.00. The largest absolute Gasteiger partial charge is 0.352 e. The normalized spacial score (nSPS) is 11.6. The van der Waals surface area contributed by atoms with Crippen LogP contribution in [0.1, 0.15) is 11.1 Å². The summed E-state index contributed by atoms with van der Waals surface area (Å²) in [6, 6.07) is 8.29. The number of hydrogen-bond donors (Lipinski definition) is 1. The van der Waals surface area contributed by atoms with Crippen LogP contribution in [0.5, 0.6) is 0 Å². The summed E-state index contributed by atoms with van der Waals surface area (Å²) >= 11 is 0. The lowest BCUT2D eigenvalue weighted by Crippen LogP contribution is -2.01. The zero-order chi connectivity index (χ0) is 11.8. The van der Waals surface area contributed by atoms with Gasteiger partial charge < -0.3 is 4.98 Å². The molecular weight excluding hydrogens is 222 g/mol. The first-order chi connectivity index (χ1) is 7.50. The fourth-order valence-corrected chi connectivity index (χ4v) is 2.68. The van der Waals surface area contributed by atoms with Gasteiger partial charge in [-0.25, -0.2) is 8.42 Å². The van der Waals surface area contributed by atoms with E-state index >= 15 is 0 Å². The minimum absolute atomic E-state index is 0.182. The van der Waals surface area contributed by atoms with E-state index in [0.717, 1.165) is 5.56 Å². The monoisotopic (exact) mass is 234 g/mol. The predicted molar refractivity (Wildman–Crippen MR) is 61.9 cm³/mol. The fourth-order valence-electron chi connectivity index (χ4n) is 1.42. The second-order valence-corrected chi connectivity index (χ2v) is 5.61. The van der Waals surface area contributed by atoms with E-state index in [1.165, 1.54) is 6.07 Å². The molecule has 0 aliphatic carbocycles. The van der Waals surface area contributed by atoms with Crippen LogP contribution < -0.4 is 0 Å². The van der Waals surface area contributed by atoms with Gasteiger partial charge in [0.25, 0.3) is 0 Å². The maximum absolute atomic E-state index is 12.1. The van der Waals surface area contributed by atoms with Crippen molar-refractivity contribution in [3.05, 3.63) is 54.6 Å². The van der Waals surface area contributed by atoms with E-state index < -0.39 is 9.84 Å². The summed E-state index contributed by atoms with van der Waals surface area (Å²) in [5.74, 6) is 0. The molecule has 3 nitrogen and oxygen atoms in total. The summed E-state index contributed by atoms with van der Waals surface area (Å²) < 4.78 is 24.2. The molecule has 1 aromatic carbocycles. The molecule has 1 radical (unpaired) electrons. The third kappa shape index (κ3) is 1.88. The fraction of sp³-hybridized carbons (Fsp3) is 0.0833. The zero-order valence-electron chi connectivity index (χ0n) is 8.90. The highest BCUT2D eigenvalue weighted by Crippen LogP contribution is 2.20. The molecule has 4 heteroatoms. The smallest absolute Gasteiger partial charge is 0.221 e. The Balaban J connectivity index is 2.51. The molecule has 1 heterocycles. The Bertz CT molecular complexity index is 594. The number of rotatable bonds is 2. The predicted octanol–water partition coefficient (Wildman–Crippen LogP) is 2.34. The lowest BCUT2D eigenvalue weighted by molar-refractivity contribution is 0.593. The van der Waals surface area contributed by atoms with E-state index in [4.69, 9.17) is 0 Å². The zero-order valence-corrected chi connectivity index (χ0v) is 9.71. The number of aromatic amines is 1. The molecule has 1 aromatic heterocycles. The number of hydrogen-bond acceptors (Lipinski definition) is 2. The maximum Gasteiger partial charge on any atom is 0.221 e. The van der Waals surface area contributed by atoms with Gasteiger partial charge >= 0.3 is 0 Å². The van der Waals surface area contributed by atoms with Crippen molar-refractivity contribution in [2.75, 3.05) is 0 Å². The van der Waals surface area contributed by atoms with Gasteiger partial charge in [0, 0.05) is 6.20 Å². The quantitative estimate of drug-likeness (QED) is 0.867. The van der Waals surface area contributed by atoms with Crippen LogP contribution in [0.4, 0.5) is 0 Å². The van der Waals surface area contributed by atoms with Gasteiger partial charge in [-0.3, -0.25) is 0 Å². The topological polar surface area (TPSA) is 49.9 Å². The molecule has 0 aliphatic heterocycles. The van der Waals surface area contributed by atoms with Crippen molar-refractivity contribution in [3.63, 3.8) is 0 Å². The van der Waals surface area contributed by atoms with Crippen LogP contribution in [0.2, 0.25) is 0 Å². The number of sulfone groups is 1. The Morgan fingerprint density at radius 2 is 1.81 bits per heavy atom. The van der Waals surface area contributed by atoms with Crippen molar-refractivity contribution in [1.82, 2.24) is 4.98 Å². The second-order valence-electron chi connectivity index (χ2n) is 3.69. The lowest BCUT2D eigenvalue weighted by atomic mass is 10.2. The van der Waals surface area contributed by atoms with Crippen LogP contribution in [0.3, 0.4) is 0 Å². The van der Waals surface area contributed by atoms with Crippen LogP contribution in [-0.4, -0.2) is 13.4 Å². The van der Waals surface area contributed by atoms with Crippen molar-refractivity contribution in [1.29, 1.82) is 0 Å². The standard InChI is InChI=1S/C12H12NO2S/c1-9-3-5-11(6-4-9)16(14,15)12-7-10(2)8-13-12/h3-8,13H,2H2,1H3. The van der Waals surface area contributed by atoms with Gasteiger partial charge in [0.05, 0.1) is 4.90 Å². The molecule has 2 aromatic rings. The molecule has 0 saturated carbocycles. The van der Waals surface area contributed by atoms with Crippen LogP contribution >= 0.6 is 0 Å². The molecule has 0 fully saturated rings. The van der Waals surface area contributed by atoms with E-state index in [1.54, 1.807) is 30.5 Å². The summed E-state index contributed by atoms with van der Waals surface area (Å²) in [5, 5.41) is 0.182. The number of aryl methyl sites for hydroxylation is 1. The van der Waals surface area contributed by atoms with Gasteiger partial charge in [-0.05, 0) is 37.6 Å². The van der Waals surface area contributed by atoms with Gasteiger partial charge in [0.2, 0.25) is 9.84 Å². The van der Waals surface area contributed by atoms with Gasteiger partial charge in [-0.2, -0.15) is 0 Å². The molecule has 0 unspecified atom stereocenters. The molecule has 0 atom stereocenters. The Morgan fingerprint density at radius 1 is 1.19 bits per heavy atom. The van der Waals surface area contributed by atoms with Crippen molar-refractivity contribution in [2.24, 2.45) is 0 Å². The third-order valence-corrected chi connectivity index (χ3v) is 4.04. The van der Waals surface area contributed by atoms with Crippen molar-refractivity contribution < 1.29 is 8.42 Å². The van der Waals surface area contributed by atoms with Gasteiger partial charge in [-0.15, -0.1) is 0 Å². The Labute approximate surface area is 95.1 Å². The van der Waals surface area contributed by atoms with E-state index in [0.29, 0.717) is 10.5 Å². The minimum Gasteiger partial charge on any atom is -0.352 e. The minimum atomic E-state index is -3.43. The second kappa shape index (κ2) is 3.79. The molecule has 0 bridgehead atoms. The van der Waals surface area contributed by atoms with Crippen LogP contribution in [0.25, 0.3) is 0 Å². The van der Waals surface area contributed by atoms with Gasteiger partial charge in [0.15, 0.2) is 0 Å². The number of nitrogens with one attached hydrogen (secondary N) is 1. The summed E-state index contributed by atoms with van der Waals surface area (Å²) in [6.45, 7) is 5.58. The maximum atomic E-state index is 12.1. The molecule has 0 saturated heterocycles. The first-order valence-corrected chi connectivity index (χ1v) is 6.30. The van der Waals surface area contributed by atoms with Crippen molar-refractivity contribution in [3.8, 4) is 0 Å². The Morgan fingerprint density at radius 3 is 2.31 bits per heavy atom. The SMILES string of the molecule is [CH2]c1c[nH]c(S(=O)(=O)c2ccc(C)cc2)c1. The van der Waals surface area contributed by atoms with E-state index in [-0.39, 0.29) is 5.03 Å². The Hall–Kier alpha value is -1.55. The number of H-pyrrole nitrogens is 1. The highest BCUT2D eigenvalue weighted by atomic mass is 32.2. The molecular formula is C12H12NO2S. The summed E-state index contributed by atoms with van der Waals surface area (Å²) in [6.07, 6.45) is 1.57. The molecule has 83 valence electrons. The van der Waals surface area contributed by atoms with Crippen LogP contribution in [-0.2, 0) is 9.84 Å².